The quantitative estimate of drug-likeness (QED) is 0.887. The van der Waals surface area contributed by atoms with Crippen LogP contribution in [0.15, 0.2) is 36.5 Å². The highest BCUT2D eigenvalue weighted by Crippen LogP contribution is 2.18. The minimum atomic E-state index is 0.115. The van der Waals surface area contributed by atoms with Gasteiger partial charge in [0.15, 0.2) is 0 Å². The lowest BCUT2D eigenvalue weighted by Gasteiger charge is -2.12. The Labute approximate surface area is 126 Å². The van der Waals surface area contributed by atoms with E-state index >= 15 is 0 Å². The Balaban J connectivity index is 2.01. The van der Waals surface area contributed by atoms with Gasteiger partial charge in [-0.25, -0.2) is 4.98 Å². The maximum atomic E-state index is 11.7. The Morgan fingerprint density at radius 3 is 2.67 bits per heavy atom. The molecular weight excluding hydrogens is 262 g/mol. The fraction of sp³-hybridized carbons (Fsp3) is 0.412. The summed E-state index contributed by atoms with van der Waals surface area (Å²) in [5.74, 6) is 1.45. The van der Waals surface area contributed by atoms with Gasteiger partial charge >= 0.3 is 0 Å². The molecule has 0 fully saturated rings. The van der Waals surface area contributed by atoms with Crippen LogP contribution in [0.25, 0.3) is 11.4 Å². The first-order valence-electron chi connectivity index (χ1n) is 7.42. The molecule has 1 aromatic carbocycles. The van der Waals surface area contributed by atoms with Crippen molar-refractivity contribution in [1.82, 2.24) is 14.9 Å². The summed E-state index contributed by atoms with van der Waals surface area (Å²) in [4.78, 5) is 16.2. The number of nitrogens with zero attached hydrogens (tertiary/aromatic N) is 2. The number of rotatable bonds is 6. The van der Waals surface area contributed by atoms with E-state index in [1.54, 1.807) is 0 Å². The topological polar surface area (TPSA) is 46.9 Å². The lowest BCUT2D eigenvalue weighted by atomic mass is 10.1. The molecule has 0 bridgehead atoms. The zero-order valence-corrected chi connectivity index (χ0v) is 13.0. The molecular formula is C17H23N3O. The van der Waals surface area contributed by atoms with E-state index in [0.717, 1.165) is 23.6 Å². The Bertz CT molecular complexity index is 587. The van der Waals surface area contributed by atoms with E-state index in [2.05, 4.69) is 27.0 Å². The Morgan fingerprint density at radius 2 is 2.00 bits per heavy atom. The predicted molar refractivity (Wildman–Crippen MR) is 84.9 cm³/mol. The molecule has 2 rings (SSSR count). The van der Waals surface area contributed by atoms with Gasteiger partial charge in [-0.15, -0.1) is 0 Å². The third-order valence-electron chi connectivity index (χ3n) is 3.34. The average molecular weight is 285 g/mol. The highest BCUT2D eigenvalue weighted by molar-refractivity contribution is 5.76. The van der Waals surface area contributed by atoms with E-state index in [-0.39, 0.29) is 5.91 Å². The number of carbonyl (C=O) groups is 1. The molecule has 1 amide bonds. The second kappa shape index (κ2) is 7.07. The highest BCUT2D eigenvalue weighted by atomic mass is 16.1. The summed E-state index contributed by atoms with van der Waals surface area (Å²) in [6, 6.07) is 10.1. The normalized spacial score (nSPS) is 10.9. The molecule has 4 nitrogen and oxygen atoms in total. The lowest BCUT2D eigenvalue weighted by molar-refractivity contribution is -0.121. The summed E-state index contributed by atoms with van der Waals surface area (Å²) >= 11 is 0. The van der Waals surface area contributed by atoms with Gasteiger partial charge in [-0.1, -0.05) is 44.2 Å². The SMILES string of the molecule is Cc1cnc(-c2ccccc2)n1CCNC(=O)CC(C)C. The summed E-state index contributed by atoms with van der Waals surface area (Å²) in [6.07, 6.45) is 2.45. The molecule has 0 atom stereocenters. The minimum absolute atomic E-state index is 0.115. The summed E-state index contributed by atoms with van der Waals surface area (Å²) in [6.45, 7) is 7.50. The van der Waals surface area contributed by atoms with Crippen LogP contribution in [0.5, 0.6) is 0 Å². The lowest BCUT2D eigenvalue weighted by Crippen LogP contribution is -2.28. The molecule has 0 saturated heterocycles. The van der Waals surface area contributed by atoms with E-state index in [1.165, 1.54) is 0 Å². The molecule has 0 saturated carbocycles. The molecule has 0 unspecified atom stereocenters. The van der Waals surface area contributed by atoms with E-state index in [4.69, 9.17) is 0 Å². The van der Waals surface area contributed by atoms with Crippen molar-refractivity contribution in [2.75, 3.05) is 6.54 Å². The van der Waals surface area contributed by atoms with E-state index < -0.39 is 0 Å². The van der Waals surface area contributed by atoms with E-state index in [0.29, 0.717) is 18.9 Å². The number of hydrogen-bond acceptors (Lipinski definition) is 2. The average Bonchev–Trinajstić information content (AvgIpc) is 2.80. The van der Waals surface area contributed by atoms with Crippen LogP contribution in [0, 0.1) is 12.8 Å². The van der Waals surface area contributed by atoms with Crippen molar-refractivity contribution in [1.29, 1.82) is 0 Å². The number of imidazole rings is 1. The summed E-state index contributed by atoms with van der Waals surface area (Å²) in [5.41, 5.74) is 2.20. The van der Waals surface area contributed by atoms with Crippen LogP contribution in [-0.2, 0) is 11.3 Å². The van der Waals surface area contributed by atoms with E-state index in [1.807, 2.05) is 45.2 Å². The molecule has 2 aromatic rings. The first-order chi connectivity index (χ1) is 10.1. The largest absolute Gasteiger partial charge is 0.354 e. The van der Waals surface area contributed by atoms with Crippen LogP contribution in [-0.4, -0.2) is 22.0 Å². The third kappa shape index (κ3) is 4.18. The molecule has 1 heterocycles. The third-order valence-corrected chi connectivity index (χ3v) is 3.34. The monoisotopic (exact) mass is 285 g/mol. The minimum Gasteiger partial charge on any atom is -0.354 e. The highest BCUT2D eigenvalue weighted by Gasteiger charge is 2.09. The van der Waals surface area contributed by atoms with Gasteiger partial charge in [-0.05, 0) is 12.8 Å². The molecule has 0 spiro atoms. The fourth-order valence-electron chi connectivity index (χ4n) is 2.31. The number of amides is 1. The first-order valence-corrected chi connectivity index (χ1v) is 7.42. The maximum absolute atomic E-state index is 11.7. The van der Waals surface area contributed by atoms with E-state index in [9.17, 15) is 4.79 Å². The number of aryl methyl sites for hydroxylation is 1. The molecule has 0 aliphatic rings. The van der Waals surface area contributed by atoms with Crippen LogP contribution in [0.1, 0.15) is 26.0 Å². The summed E-state index contributed by atoms with van der Waals surface area (Å²) in [7, 11) is 0. The molecule has 21 heavy (non-hydrogen) atoms. The number of benzene rings is 1. The van der Waals surface area contributed by atoms with Crippen molar-refractivity contribution in [3.05, 3.63) is 42.2 Å². The van der Waals surface area contributed by atoms with Gasteiger partial charge in [0.05, 0.1) is 0 Å². The van der Waals surface area contributed by atoms with Gasteiger partial charge in [-0.2, -0.15) is 0 Å². The molecule has 112 valence electrons. The van der Waals surface area contributed by atoms with Crippen LogP contribution in [0.2, 0.25) is 0 Å². The van der Waals surface area contributed by atoms with Crippen LogP contribution >= 0.6 is 0 Å². The zero-order chi connectivity index (χ0) is 15.2. The Hall–Kier alpha value is -2.10. The fourth-order valence-corrected chi connectivity index (χ4v) is 2.31. The first kappa shape index (κ1) is 15.3. The number of carbonyl (C=O) groups excluding carboxylic acids is 1. The van der Waals surface area contributed by atoms with Gasteiger partial charge in [0.2, 0.25) is 5.91 Å². The summed E-state index contributed by atoms with van der Waals surface area (Å²) < 4.78 is 2.14. The van der Waals surface area contributed by atoms with Gasteiger partial charge in [0, 0.05) is 37.0 Å². The number of hydrogen-bond donors (Lipinski definition) is 1. The second-order valence-electron chi connectivity index (χ2n) is 5.69. The Kier molecular flexibility index (Phi) is 5.14. The maximum Gasteiger partial charge on any atom is 0.220 e. The molecule has 4 heteroatoms. The van der Waals surface area contributed by atoms with Crippen LogP contribution in [0.4, 0.5) is 0 Å². The van der Waals surface area contributed by atoms with Crippen molar-refractivity contribution in [2.45, 2.75) is 33.7 Å². The van der Waals surface area contributed by atoms with Crippen molar-refractivity contribution in [3.8, 4) is 11.4 Å². The van der Waals surface area contributed by atoms with Gasteiger partial charge in [0.25, 0.3) is 0 Å². The van der Waals surface area contributed by atoms with Crippen LogP contribution in [0.3, 0.4) is 0 Å². The molecule has 1 N–H and O–H groups in total. The predicted octanol–water partition coefficient (Wildman–Crippen LogP) is 3.02. The summed E-state index contributed by atoms with van der Waals surface area (Å²) in [5, 5.41) is 2.97. The van der Waals surface area contributed by atoms with Gasteiger partial charge in [-0.3, -0.25) is 4.79 Å². The van der Waals surface area contributed by atoms with Crippen molar-refractivity contribution in [2.24, 2.45) is 5.92 Å². The molecule has 0 aliphatic carbocycles. The molecule has 0 aliphatic heterocycles. The number of nitrogens with one attached hydrogen (secondary N) is 1. The second-order valence-corrected chi connectivity index (χ2v) is 5.69. The molecule has 0 radical (unpaired) electrons. The van der Waals surface area contributed by atoms with Gasteiger partial charge in [0.1, 0.15) is 5.82 Å². The van der Waals surface area contributed by atoms with Crippen LogP contribution < -0.4 is 5.32 Å². The molecule has 1 aromatic heterocycles. The van der Waals surface area contributed by atoms with Crippen molar-refractivity contribution < 1.29 is 4.79 Å². The smallest absolute Gasteiger partial charge is 0.220 e. The Morgan fingerprint density at radius 1 is 1.29 bits per heavy atom. The van der Waals surface area contributed by atoms with Crippen molar-refractivity contribution >= 4 is 5.91 Å². The zero-order valence-electron chi connectivity index (χ0n) is 13.0. The number of aromatic nitrogens is 2. The standard InChI is InChI=1S/C17H23N3O/c1-13(2)11-16(21)18-9-10-20-14(3)12-19-17(20)15-7-5-4-6-8-15/h4-8,12-13H,9-11H2,1-3H3,(H,18,21). The van der Waals surface area contributed by atoms with Gasteiger partial charge < -0.3 is 9.88 Å². The van der Waals surface area contributed by atoms with Crippen molar-refractivity contribution in [3.63, 3.8) is 0 Å².